The average Bonchev–Trinajstić information content (AvgIpc) is 2.47. The van der Waals surface area contributed by atoms with Gasteiger partial charge in [-0.05, 0) is 37.6 Å². The van der Waals surface area contributed by atoms with Gasteiger partial charge in [-0.3, -0.25) is 4.79 Å². The van der Waals surface area contributed by atoms with Gasteiger partial charge in [0, 0.05) is 22.4 Å². The molecule has 1 atom stereocenters. The number of benzene rings is 1. The van der Waals surface area contributed by atoms with Crippen molar-refractivity contribution < 1.29 is 4.79 Å². The Morgan fingerprint density at radius 1 is 1.38 bits per heavy atom. The molecule has 2 aromatic rings. The first-order valence-electron chi connectivity index (χ1n) is 6.75. The molecule has 0 fully saturated rings. The van der Waals surface area contributed by atoms with Crippen LogP contribution >= 0.6 is 15.9 Å². The summed E-state index contributed by atoms with van der Waals surface area (Å²) in [4.78, 5) is 20.5. The molecule has 1 amide bonds. The van der Waals surface area contributed by atoms with Crippen molar-refractivity contribution in [3.05, 3.63) is 46.7 Å². The highest BCUT2D eigenvalue weighted by Crippen LogP contribution is 2.16. The maximum atomic E-state index is 12.2. The van der Waals surface area contributed by atoms with E-state index in [0.717, 1.165) is 10.9 Å². The summed E-state index contributed by atoms with van der Waals surface area (Å²) in [7, 11) is 0. The number of carbonyl (C=O) groups excluding carboxylic acids is 1. The Bertz CT molecular complexity index is 633. The monoisotopic (exact) mass is 348 g/mol. The zero-order valence-electron chi connectivity index (χ0n) is 11.9. The molecule has 2 rings (SSSR count). The van der Waals surface area contributed by atoms with Crippen molar-refractivity contribution in [1.82, 2.24) is 9.97 Å². The van der Waals surface area contributed by atoms with Crippen molar-refractivity contribution in [3.8, 4) is 0 Å². The van der Waals surface area contributed by atoms with Crippen LogP contribution in [0.1, 0.15) is 30.8 Å². The van der Waals surface area contributed by atoms with E-state index in [1.54, 1.807) is 12.3 Å². The number of rotatable bonds is 5. The Morgan fingerprint density at radius 2 is 2.19 bits per heavy atom. The molecule has 0 radical (unpaired) electrons. The molecule has 21 heavy (non-hydrogen) atoms. The first-order chi connectivity index (χ1) is 10.1. The van der Waals surface area contributed by atoms with Gasteiger partial charge in [0.2, 0.25) is 5.95 Å². The van der Waals surface area contributed by atoms with E-state index in [1.165, 1.54) is 0 Å². The minimum atomic E-state index is -0.261. The van der Waals surface area contributed by atoms with Gasteiger partial charge < -0.3 is 10.6 Å². The highest BCUT2D eigenvalue weighted by molar-refractivity contribution is 9.10. The molecule has 0 saturated carbocycles. The fourth-order valence-electron chi connectivity index (χ4n) is 1.64. The lowest BCUT2D eigenvalue weighted by molar-refractivity contribution is 0.102. The van der Waals surface area contributed by atoms with Crippen molar-refractivity contribution in [2.45, 2.75) is 26.3 Å². The van der Waals surface area contributed by atoms with E-state index in [2.05, 4.69) is 43.5 Å². The zero-order valence-corrected chi connectivity index (χ0v) is 13.5. The maximum absolute atomic E-state index is 12.2. The molecule has 1 aromatic heterocycles. The molecule has 6 heteroatoms. The van der Waals surface area contributed by atoms with Crippen molar-refractivity contribution >= 4 is 33.5 Å². The van der Waals surface area contributed by atoms with Gasteiger partial charge in [-0.1, -0.05) is 28.9 Å². The summed E-state index contributed by atoms with van der Waals surface area (Å²) in [5.74, 6) is 0.203. The molecular formula is C15H17BrN4O. The Kier molecular flexibility index (Phi) is 5.27. The van der Waals surface area contributed by atoms with E-state index < -0.39 is 0 Å². The van der Waals surface area contributed by atoms with Crippen LogP contribution in [0.3, 0.4) is 0 Å². The third-order valence-electron chi connectivity index (χ3n) is 2.96. The number of halogens is 1. The molecule has 0 aliphatic rings. The molecule has 0 aliphatic carbocycles. The molecule has 0 bridgehead atoms. The van der Waals surface area contributed by atoms with Crippen LogP contribution in [-0.2, 0) is 0 Å². The molecule has 0 aliphatic heterocycles. The Labute approximate surface area is 132 Å². The molecule has 1 aromatic carbocycles. The van der Waals surface area contributed by atoms with Gasteiger partial charge >= 0.3 is 0 Å². The molecule has 2 N–H and O–H groups in total. The summed E-state index contributed by atoms with van der Waals surface area (Å²) in [6.45, 7) is 4.11. The number of carbonyl (C=O) groups is 1. The lowest BCUT2D eigenvalue weighted by Crippen LogP contribution is -2.19. The van der Waals surface area contributed by atoms with E-state index in [9.17, 15) is 4.79 Å². The van der Waals surface area contributed by atoms with E-state index >= 15 is 0 Å². The first kappa shape index (κ1) is 15.4. The minimum absolute atomic E-state index is 0.258. The van der Waals surface area contributed by atoms with Crippen molar-refractivity contribution in [2.24, 2.45) is 0 Å². The fourth-order valence-corrected chi connectivity index (χ4v) is 2.04. The minimum Gasteiger partial charge on any atom is -0.352 e. The lowest BCUT2D eigenvalue weighted by atomic mass is 10.3. The number of aromatic nitrogens is 2. The summed E-state index contributed by atoms with van der Waals surface area (Å²) in [5.41, 5.74) is 1.04. The van der Waals surface area contributed by atoms with Crippen LogP contribution in [0.4, 0.5) is 11.6 Å². The quantitative estimate of drug-likeness (QED) is 0.864. The normalized spacial score (nSPS) is 11.8. The van der Waals surface area contributed by atoms with Gasteiger partial charge in [-0.25, -0.2) is 9.97 Å². The van der Waals surface area contributed by atoms with Crippen molar-refractivity contribution in [2.75, 3.05) is 10.6 Å². The number of nitrogens with zero attached hydrogens (tertiary/aromatic N) is 2. The van der Waals surface area contributed by atoms with Crippen LogP contribution in [0.15, 0.2) is 41.0 Å². The second-order valence-electron chi connectivity index (χ2n) is 4.68. The van der Waals surface area contributed by atoms with Crippen LogP contribution in [0.25, 0.3) is 0 Å². The van der Waals surface area contributed by atoms with Gasteiger partial charge in [0.05, 0.1) is 0 Å². The average molecular weight is 349 g/mol. The van der Waals surface area contributed by atoms with Crippen LogP contribution < -0.4 is 10.6 Å². The molecule has 5 nitrogen and oxygen atoms in total. The van der Waals surface area contributed by atoms with Crippen LogP contribution in [0.2, 0.25) is 0 Å². The smallest absolute Gasteiger partial charge is 0.274 e. The van der Waals surface area contributed by atoms with E-state index in [-0.39, 0.29) is 11.9 Å². The topological polar surface area (TPSA) is 66.9 Å². The number of anilines is 2. The molecular weight excluding hydrogens is 332 g/mol. The largest absolute Gasteiger partial charge is 0.352 e. The van der Waals surface area contributed by atoms with Gasteiger partial charge in [0.25, 0.3) is 5.91 Å². The molecule has 110 valence electrons. The van der Waals surface area contributed by atoms with Crippen LogP contribution in [-0.4, -0.2) is 21.9 Å². The van der Waals surface area contributed by atoms with Gasteiger partial charge in [-0.2, -0.15) is 0 Å². The molecule has 1 unspecified atom stereocenters. The number of amides is 1. The number of hydrogen-bond donors (Lipinski definition) is 2. The van der Waals surface area contributed by atoms with E-state index in [0.29, 0.717) is 17.3 Å². The van der Waals surface area contributed by atoms with E-state index in [1.807, 2.05) is 31.2 Å². The molecule has 1 heterocycles. The number of hydrogen-bond acceptors (Lipinski definition) is 4. The van der Waals surface area contributed by atoms with E-state index in [4.69, 9.17) is 0 Å². The van der Waals surface area contributed by atoms with Gasteiger partial charge in [-0.15, -0.1) is 0 Å². The summed E-state index contributed by atoms with van der Waals surface area (Å²) < 4.78 is 0.905. The van der Waals surface area contributed by atoms with Crippen molar-refractivity contribution in [1.29, 1.82) is 0 Å². The maximum Gasteiger partial charge on any atom is 0.274 e. The zero-order chi connectivity index (χ0) is 15.2. The molecule has 0 spiro atoms. The second-order valence-corrected chi connectivity index (χ2v) is 5.60. The van der Waals surface area contributed by atoms with Crippen molar-refractivity contribution in [3.63, 3.8) is 0 Å². The Morgan fingerprint density at radius 3 is 2.90 bits per heavy atom. The van der Waals surface area contributed by atoms with Crippen LogP contribution in [0.5, 0.6) is 0 Å². The van der Waals surface area contributed by atoms with Gasteiger partial charge in [0.15, 0.2) is 0 Å². The third kappa shape index (κ3) is 4.53. The fraction of sp³-hybridized carbons (Fsp3) is 0.267. The second kappa shape index (κ2) is 7.17. The predicted molar refractivity (Wildman–Crippen MR) is 87.5 cm³/mol. The summed E-state index contributed by atoms with van der Waals surface area (Å²) >= 11 is 3.37. The summed E-state index contributed by atoms with van der Waals surface area (Å²) in [5, 5.41) is 5.96. The lowest BCUT2D eigenvalue weighted by Gasteiger charge is -2.11. The third-order valence-corrected chi connectivity index (χ3v) is 3.45. The molecule has 0 saturated heterocycles. The highest BCUT2D eigenvalue weighted by Gasteiger charge is 2.10. The summed E-state index contributed by atoms with van der Waals surface area (Å²) in [6.07, 6.45) is 2.53. The number of nitrogens with one attached hydrogen (secondary N) is 2. The Hall–Kier alpha value is -1.95. The standard InChI is InChI=1S/C15H17BrN4O/c1-3-10(2)18-15-17-8-7-13(20-15)14(21)19-12-6-4-5-11(16)9-12/h4-10H,3H2,1-2H3,(H,19,21)(H,17,18,20). The highest BCUT2D eigenvalue weighted by atomic mass is 79.9. The first-order valence-corrected chi connectivity index (χ1v) is 7.54. The predicted octanol–water partition coefficient (Wildman–Crippen LogP) is 3.70. The SMILES string of the molecule is CCC(C)Nc1nccc(C(=O)Nc2cccc(Br)c2)n1. The summed E-state index contributed by atoms with van der Waals surface area (Å²) in [6, 6.07) is 9.26. The van der Waals surface area contributed by atoms with Crippen LogP contribution in [0, 0.1) is 0 Å². The van der Waals surface area contributed by atoms with Gasteiger partial charge in [0.1, 0.15) is 5.69 Å². The Balaban J connectivity index is 2.10.